The van der Waals surface area contributed by atoms with E-state index in [4.69, 9.17) is 9.97 Å². The summed E-state index contributed by atoms with van der Waals surface area (Å²) in [5.41, 5.74) is 9.29. The molecule has 7 aromatic rings. The van der Waals surface area contributed by atoms with Crippen molar-refractivity contribution < 1.29 is 10.2 Å². The number of nitrogens with zero attached hydrogens (tertiary/aromatic N) is 2. The van der Waals surface area contributed by atoms with Crippen molar-refractivity contribution in [2.75, 3.05) is 0 Å². The van der Waals surface area contributed by atoms with Crippen LogP contribution in [0.25, 0.3) is 66.8 Å². The Balaban J connectivity index is 1.42. The summed E-state index contributed by atoms with van der Waals surface area (Å²) in [6, 6.07) is 27.5. The summed E-state index contributed by atoms with van der Waals surface area (Å²) in [5, 5.41) is 24.4. The molecule has 194 valence electrons. The summed E-state index contributed by atoms with van der Waals surface area (Å²) in [6.07, 6.45) is 3.68. The molecule has 7 rings (SSSR count). The van der Waals surface area contributed by atoms with Crippen molar-refractivity contribution in [2.24, 2.45) is 0 Å². The Morgan fingerprint density at radius 1 is 0.525 bits per heavy atom. The van der Waals surface area contributed by atoms with Crippen molar-refractivity contribution in [1.29, 1.82) is 0 Å². The number of hydrogen-bond donors (Lipinski definition) is 4. The number of H-pyrrole nitrogens is 2. The first-order valence-electron chi connectivity index (χ1n) is 13.1. The number of rotatable bonds is 4. The minimum Gasteiger partial charge on any atom is -0.507 e. The molecular formula is C34H26N4O2. The predicted molar refractivity (Wildman–Crippen MR) is 160 cm³/mol. The lowest BCUT2D eigenvalue weighted by molar-refractivity contribution is 0.478. The number of phenols is 2. The van der Waals surface area contributed by atoms with Crippen LogP contribution in [0.15, 0.2) is 97.3 Å². The molecule has 4 aromatic heterocycles. The summed E-state index contributed by atoms with van der Waals surface area (Å²) in [5.74, 6) is 0.352. The van der Waals surface area contributed by atoms with Gasteiger partial charge >= 0.3 is 0 Å². The lowest BCUT2D eigenvalue weighted by Gasteiger charge is -2.13. The Bertz CT molecular complexity index is 1890. The van der Waals surface area contributed by atoms with Crippen LogP contribution >= 0.6 is 0 Å². The molecule has 0 atom stereocenters. The first kappa shape index (κ1) is 23.7. The maximum Gasteiger partial charge on any atom is 0.134 e. The van der Waals surface area contributed by atoms with Gasteiger partial charge in [-0.15, -0.1) is 0 Å². The van der Waals surface area contributed by atoms with Crippen LogP contribution in [0.2, 0.25) is 0 Å². The van der Waals surface area contributed by atoms with Crippen LogP contribution in [-0.2, 0) is 0 Å². The van der Waals surface area contributed by atoms with E-state index in [2.05, 4.69) is 9.97 Å². The molecule has 0 aliphatic rings. The quantitative estimate of drug-likeness (QED) is 0.175. The summed E-state index contributed by atoms with van der Waals surface area (Å²) >= 11 is 0. The van der Waals surface area contributed by atoms with E-state index < -0.39 is 0 Å². The van der Waals surface area contributed by atoms with Crippen LogP contribution in [0.3, 0.4) is 0 Å². The van der Waals surface area contributed by atoms with E-state index >= 15 is 0 Å². The number of fused-ring (bicyclic) bond motifs is 3. The maximum absolute atomic E-state index is 11.3. The predicted octanol–water partition coefficient (Wildman–Crippen LogP) is 8.14. The first-order chi connectivity index (χ1) is 19.5. The molecule has 0 radical (unpaired) electrons. The second kappa shape index (κ2) is 9.13. The van der Waals surface area contributed by atoms with Crippen molar-refractivity contribution in [1.82, 2.24) is 19.9 Å². The Kier molecular flexibility index (Phi) is 5.42. The molecule has 0 aliphatic carbocycles. The summed E-state index contributed by atoms with van der Waals surface area (Å²) in [6.45, 7) is 4.02. The van der Waals surface area contributed by atoms with Crippen LogP contribution in [0.5, 0.6) is 11.5 Å². The standard InChI is InChI=1S/C34H26N4O2/c1-19-15-23(27-5-3-13-35-27)33(39)25(17-19)29-11-9-21-7-8-22-10-12-30(38-32(22)31(21)37-29)26-18-20(2)16-24(34(26)40)28-6-4-14-36-28/h3-18,35-36,39-40H,1-2H3. The summed E-state index contributed by atoms with van der Waals surface area (Å²) in [4.78, 5) is 16.4. The second-order valence-corrected chi connectivity index (χ2v) is 10.2. The molecule has 4 heterocycles. The molecular weight excluding hydrogens is 496 g/mol. The van der Waals surface area contributed by atoms with Crippen LogP contribution in [0, 0.1) is 13.8 Å². The van der Waals surface area contributed by atoms with Gasteiger partial charge in [-0.2, -0.15) is 0 Å². The molecule has 3 aromatic carbocycles. The normalized spacial score (nSPS) is 11.4. The molecule has 0 spiro atoms. The van der Waals surface area contributed by atoms with Gasteiger partial charge in [0.05, 0.1) is 22.4 Å². The number of aromatic amines is 2. The van der Waals surface area contributed by atoms with Crippen molar-refractivity contribution in [3.05, 3.63) is 108 Å². The van der Waals surface area contributed by atoms with Gasteiger partial charge in [0.1, 0.15) is 11.5 Å². The fourth-order valence-corrected chi connectivity index (χ4v) is 5.42. The smallest absolute Gasteiger partial charge is 0.134 e. The SMILES string of the molecule is Cc1cc(-c2ccc3ccc4ccc(-c5cc(C)cc(-c6ccc[nH]6)c5O)nc4c3n2)c(O)c(-c2ccc[nH]2)c1. The van der Waals surface area contributed by atoms with Crippen molar-refractivity contribution in [3.8, 4) is 56.5 Å². The van der Waals surface area contributed by atoms with Crippen LogP contribution in [-0.4, -0.2) is 30.1 Å². The van der Waals surface area contributed by atoms with E-state index in [0.29, 0.717) is 22.5 Å². The molecule has 4 N–H and O–H groups in total. The van der Waals surface area contributed by atoms with Crippen molar-refractivity contribution in [2.45, 2.75) is 13.8 Å². The Morgan fingerprint density at radius 3 is 1.32 bits per heavy atom. The monoisotopic (exact) mass is 522 g/mol. The highest BCUT2D eigenvalue weighted by molar-refractivity contribution is 6.04. The molecule has 40 heavy (non-hydrogen) atoms. The van der Waals surface area contributed by atoms with E-state index in [1.165, 1.54) is 0 Å². The molecule has 0 amide bonds. The molecule has 0 saturated carbocycles. The molecule has 0 fully saturated rings. The van der Waals surface area contributed by atoms with Crippen molar-refractivity contribution in [3.63, 3.8) is 0 Å². The molecule has 0 unspecified atom stereocenters. The topological polar surface area (TPSA) is 97.8 Å². The van der Waals surface area contributed by atoms with E-state index in [1.54, 1.807) is 0 Å². The number of phenolic OH excluding ortho intramolecular Hbond substituents is 2. The van der Waals surface area contributed by atoms with Gasteiger partial charge in [-0.1, -0.05) is 24.3 Å². The van der Waals surface area contributed by atoms with Crippen molar-refractivity contribution >= 4 is 21.8 Å². The molecule has 6 nitrogen and oxygen atoms in total. The van der Waals surface area contributed by atoms with Gasteiger partial charge in [-0.25, -0.2) is 9.97 Å². The second-order valence-electron chi connectivity index (χ2n) is 10.2. The summed E-state index contributed by atoms with van der Waals surface area (Å²) in [7, 11) is 0. The first-order valence-corrected chi connectivity index (χ1v) is 13.1. The minimum atomic E-state index is 0.176. The number of nitrogens with one attached hydrogen (secondary N) is 2. The zero-order chi connectivity index (χ0) is 27.4. The zero-order valence-corrected chi connectivity index (χ0v) is 22.0. The van der Waals surface area contributed by atoms with Crippen LogP contribution in [0.4, 0.5) is 0 Å². The lowest BCUT2D eigenvalue weighted by atomic mass is 9.98. The highest BCUT2D eigenvalue weighted by Gasteiger charge is 2.17. The fourth-order valence-electron chi connectivity index (χ4n) is 5.42. The minimum absolute atomic E-state index is 0.176. The van der Waals surface area contributed by atoms with E-state index in [0.717, 1.165) is 55.4 Å². The van der Waals surface area contributed by atoms with Gasteiger partial charge in [-0.05, 0) is 85.6 Å². The van der Waals surface area contributed by atoms with Gasteiger partial charge in [0.25, 0.3) is 0 Å². The largest absolute Gasteiger partial charge is 0.507 e. The Labute approximate surface area is 230 Å². The van der Waals surface area contributed by atoms with E-state index in [-0.39, 0.29) is 11.5 Å². The number of aromatic nitrogens is 4. The van der Waals surface area contributed by atoms with Gasteiger partial charge in [-0.3, -0.25) is 0 Å². The number of aryl methyl sites for hydroxylation is 2. The molecule has 0 aliphatic heterocycles. The number of aromatic hydroxyl groups is 2. The highest BCUT2D eigenvalue weighted by Crippen LogP contribution is 2.41. The third-order valence-electron chi connectivity index (χ3n) is 7.36. The molecule has 0 bridgehead atoms. The number of benzene rings is 3. The lowest BCUT2D eigenvalue weighted by Crippen LogP contribution is -1.93. The van der Waals surface area contributed by atoms with Gasteiger partial charge in [0, 0.05) is 56.8 Å². The van der Waals surface area contributed by atoms with E-state index in [1.807, 2.05) is 111 Å². The molecule has 6 heteroatoms. The fraction of sp³-hybridized carbons (Fsp3) is 0.0588. The average Bonchev–Trinajstić information content (AvgIpc) is 3.70. The van der Waals surface area contributed by atoms with Gasteiger partial charge < -0.3 is 20.2 Å². The van der Waals surface area contributed by atoms with Gasteiger partial charge in [0.15, 0.2) is 0 Å². The third kappa shape index (κ3) is 3.89. The third-order valence-corrected chi connectivity index (χ3v) is 7.36. The maximum atomic E-state index is 11.3. The Hall–Kier alpha value is -5.36. The summed E-state index contributed by atoms with van der Waals surface area (Å²) < 4.78 is 0. The highest BCUT2D eigenvalue weighted by atomic mass is 16.3. The number of hydrogen-bond acceptors (Lipinski definition) is 4. The Morgan fingerprint density at radius 2 is 0.925 bits per heavy atom. The molecule has 0 saturated heterocycles. The average molecular weight is 523 g/mol. The van der Waals surface area contributed by atoms with E-state index in [9.17, 15) is 10.2 Å². The van der Waals surface area contributed by atoms with Crippen LogP contribution < -0.4 is 0 Å². The van der Waals surface area contributed by atoms with Crippen LogP contribution in [0.1, 0.15) is 11.1 Å². The van der Waals surface area contributed by atoms with Gasteiger partial charge in [0.2, 0.25) is 0 Å². The number of pyridine rings is 2. The zero-order valence-electron chi connectivity index (χ0n) is 22.0.